The van der Waals surface area contributed by atoms with Crippen molar-refractivity contribution in [3.05, 3.63) is 42.0 Å². The molecule has 1 amide bonds. The summed E-state index contributed by atoms with van der Waals surface area (Å²) in [7, 11) is 1.33. The minimum Gasteiger partial charge on any atom is -0.453 e. The van der Waals surface area contributed by atoms with Crippen molar-refractivity contribution in [3.8, 4) is 0 Å². The average molecular weight is 277 g/mol. The Labute approximate surface area is 118 Å². The smallest absolute Gasteiger partial charge is 0.407 e. The molecule has 108 valence electrons. The van der Waals surface area contributed by atoms with Crippen LogP contribution in [0.25, 0.3) is 6.08 Å². The van der Waals surface area contributed by atoms with Gasteiger partial charge in [0.2, 0.25) is 0 Å². The number of carbonyl (C=O) groups excluding carboxylic acids is 1. The van der Waals surface area contributed by atoms with E-state index in [2.05, 4.69) is 10.1 Å². The summed E-state index contributed by atoms with van der Waals surface area (Å²) >= 11 is 0. The normalized spacial score (nSPS) is 26.4. The summed E-state index contributed by atoms with van der Waals surface area (Å²) in [5, 5.41) is 2.70. The second-order valence-corrected chi connectivity index (χ2v) is 4.94. The summed E-state index contributed by atoms with van der Waals surface area (Å²) in [5.41, 5.74) is 0.519. The number of hydrogen-bond acceptors (Lipinski definition) is 4. The van der Waals surface area contributed by atoms with Crippen molar-refractivity contribution in [3.63, 3.8) is 0 Å². The molecule has 0 unspecified atom stereocenters. The lowest BCUT2D eigenvalue weighted by Crippen LogP contribution is -2.56. The zero-order valence-electron chi connectivity index (χ0n) is 11.7. The van der Waals surface area contributed by atoms with Gasteiger partial charge in [-0.05, 0) is 18.6 Å². The van der Waals surface area contributed by atoms with E-state index in [0.29, 0.717) is 13.2 Å². The average Bonchev–Trinajstić information content (AvgIpc) is 2.47. The Bertz CT molecular complexity index is 464. The van der Waals surface area contributed by atoms with Gasteiger partial charge in [-0.1, -0.05) is 36.4 Å². The Kier molecular flexibility index (Phi) is 4.76. The number of rotatable bonds is 3. The lowest BCUT2D eigenvalue weighted by Gasteiger charge is -2.36. The van der Waals surface area contributed by atoms with E-state index in [-0.39, 0.29) is 0 Å². The third-order valence-electron chi connectivity index (χ3n) is 2.97. The van der Waals surface area contributed by atoms with Gasteiger partial charge in [-0.2, -0.15) is 0 Å². The molecule has 0 spiro atoms. The number of benzene rings is 1. The Hall–Kier alpha value is -1.85. The largest absolute Gasteiger partial charge is 0.453 e. The van der Waals surface area contributed by atoms with E-state index in [1.807, 2.05) is 49.4 Å². The highest BCUT2D eigenvalue weighted by atomic mass is 16.7. The molecule has 0 radical (unpaired) electrons. The molecule has 1 N–H and O–H groups in total. The second-order valence-electron chi connectivity index (χ2n) is 4.94. The zero-order valence-corrected chi connectivity index (χ0v) is 11.7. The maximum atomic E-state index is 11.2. The Balaban J connectivity index is 1.85. The SMILES string of the molecule is COC(=O)NC1(C)COC(C=Cc2ccccc2)OC1. The molecule has 0 bridgehead atoms. The molecule has 1 heterocycles. The fourth-order valence-electron chi connectivity index (χ4n) is 1.86. The van der Waals surface area contributed by atoms with Crippen LogP contribution in [0.15, 0.2) is 36.4 Å². The number of carbonyl (C=O) groups is 1. The molecule has 0 aromatic heterocycles. The van der Waals surface area contributed by atoms with Crippen molar-refractivity contribution in [1.82, 2.24) is 5.32 Å². The topological polar surface area (TPSA) is 56.8 Å². The standard InChI is InChI=1S/C15H19NO4/c1-15(16-14(17)18-2)10-19-13(20-11-15)9-8-12-6-4-3-5-7-12/h3-9,13H,10-11H2,1-2H3,(H,16,17). The monoisotopic (exact) mass is 277 g/mol. The first-order valence-corrected chi connectivity index (χ1v) is 6.44. The van der Waals surface area contributed by atoms with E-state index in [4.69, 9.17) is 9.47 Å². The first-order valence-electron chi connectivity index (χ1n) is 6.44. The first-order chi connectivity index (χ1) is 9.61. The van der Waals surface area contributed by atoms with Gasteiger partial charge >= 0.3 is 6.09 Å². The molecule has 1 aliphatic heterocycles. The number of alkyl carbamates (subject to hydrolysis) is 1. The van der Waals surface area contributed by atoms with E-state index in [9.17, 15) is 4.79 Å². The van der Waals surface area contributed by atoms with Crippen LogP contribution in [0.3, 0.4) is 0 Å². The number of amides is 1. The van der Waals surface area contributed by atoms with Gasteiger partial charge in [0.1, 0.15) is 0 Å². The second kappa shape index (κ2) is 6.54. The van der Waals surface area contributed by atoms with Gasteiger partial charge in [0.25, 0.3) is 0 Å². The molecule has 1 aromatic rings. The van der Waals surface area contributed by atoms with Gasteiger partial charge in [-0.3, -0.25) is 0 Å². The van der Waals surface area contributed by atoms with E-state index < -0.39 is 17.9 Å². The van der Waals surface area contributed by atoms with Crippen molar-refractivity contribution in [2.45, 2.75) is 18.8 Å². The summed E-state index contributed by atoms with van der Waals surface area (Å²) in [6, 6.07) is 9.92. The van der Waals surface area contributed by atoms with Crippen LogP contribution >= 0.6 is 0 Å². The Morgan fingerprint density at radius 3 is 2.60 bits per heavy atom. The Morgan fingerprint density at radius 1 is 1.35 bits per heavy atom. The molecule has 2 rings (SSSR count). The van der Waals surface area contributed by atoms with Gasteiger partial charge in [0.15, 0.2) is 6.29 Å². The van der Waals surface area contributed by atoms with Crippen LogP contribution in [0.1, 0.15) is 12.5 Å². The van der Waals surface area contributed by atoms with Crippen molar-refractivity contribution >= 4 is 12.2 Å². The van der Waals surface area contributed by atoms with E-state index >= 15 is 0 Å². The summed E-state index contributed by atoms with van der Waals surface area (Å²) in [6.07, 6.45) is 2.91. The van der Waals surface area contributed by atoms with Crippen LogP contribution in [-0.4, -0.2) is 38.2 Å². The molecule has 0 saturated carbocycles. The van der Waals surface area contributed by atoms with Crippen LogP contribution < -0.4 is 5.32 Å². The molecule has 1 fully saturated rings. The molecule has 5 nitrogen and oxygen atoms in total. The number of hydrogen-bond donors (Lipinski definition) is 1. The van der Waals surface area contributed by atoms with E-state index in [1.165, 1.54) is 7.11 Å². The third-order valence-corrected chi connectivity index (χ3v) is 2.97. The van der Waals surface area contributed by atoms with Crippen LogP contribution in [0.2, 0.25) is 0 Å². The predicted molar refractivity (Wildman–Crippen MR) is 75.1 cm³/mol. The lowest BCUT2D eigenvalue weighted by atomic mass is 10.1. The zero-order chi connectivity index (χ0) is 14.4. The van der Waals surface area contributed by atoms with Crippen molar-refractivity contribution in [2.24, 2.45) is 0 Å². The van der Waals surface area contributed by atoms with Crippen molar-refractivity contribution in [1.29, 1.82) is 0 Å². The predicted octanol–water partition coefficient (Wildman–Crippen LogP) is 2.19. The van der Waals surface area contributed by atoms with Crippen LogP contribution in [0.4, 0.5) is 4.79 Å². The minimum atomic E-state index is -0.565. The number of methoxy groups -OCH3 is 1. The van der Waals surface area contributed by atoms with Crippen LogP contribution in [0, 0.1) is 0 Å². The van der Waals surface area contributed by atoms with Gasteiger partial charge in [-0.15, -0.1) is 0 Å². The summed E-state index contributed by atoms with van der Waals surface area (Å²) in [5.74, 6) is 0. The fourth-order valence-corrected chi connectivity index (χ4v) is 1.86. The highest BCUT2D eigenvalue weighted by molar-refractivity contribution is 5.68. The molecular formula is C15H19NO4. The van der Waals surface area contributed by atoms with E-state index in [1.54, 1.807) is 0 Å². The molecule has 0 aliphatic carbocycles. The first kappa shape index (κ1) is 14.6. The maximum absolute atomic E-state index is 11.2. The van der Waals surface area contributed by atoms with Gasteiger partial charge < -0.3 is 19.5 Å². The summed E-state index contributed by atoms with van der Waals surface area (Å²) < 4.78 is 15.7. The molecule has 1 aliphatic rings. The third kappa shape index (κ3) is 4.08. The number of nitrogens with one attached hydrogen (secondary N) is 1. The lowest BCUT2D eigenvalue weighted by molar-refractivity contribution is -0.182. The number of ether oxygens (including phenoxy) is 3. The molecule has 5 heteroatoms. The summed E-state index contributed by atoms with van der Waals surface area (Å²) in [6.45, 7) is 2.58. The summed E-state index contributed by atoms with van der Waals surface area (Å²) in [4.78, 5) is 11.2. The van der Waals surface area contributed by atoms with E-state index in [0.717, 1.165) is 5.56 Å². The van der Waals surface area contributed by atoms with Gasteiger partial charge in [0, 0.05) is 0 Å². The van der Waals surface area contributed by atoms with Crippen molar-refractivity contribution in [2.75, 3.05) is 20.3 Å². The molecule has 0 atom stereocenters. The Morgan fingerprint density at radius 2 is 2.00 bits per heavy atom. The minimum absolute atomic E-state index is 0.367. The quantitative estimate of drug-likeness (QED) is 0.920. The highest BCUT2D eigenvalue weighted by Crippen LogP contribution is 2.17. The molecule has 20 heavy (non-hydrogen) atoms. The van der Waals surface area contributed by atoms with Gasteiger partial charge in [-0.25, -0.2) is 4.79 Å². The maximum Gasteiger partial charge on any atom is 0.407 e. The van der Waals surface area contributed by atoms with Crippen LogP contribution in [0.5, 0.6) is 0 Å². The molecule has 1 aromatic carbocycles. The fraction of sp³-hybridized carbons (Fsp3) is 0.400. The van der Waals surface area contributed by atoms with Crippen LogP contribution in [-0.2, 0) is 14.2 Å². The molecule has 1 saturated heterocycles. The van der Waals surface area contributed by atoms with Crippen molar-refractivity contribution < 1.29 is 19.0 Å². The molecular weight excluding hydrogens is 258 g/mol. The van der Waals surface area contributed by atoms with Gasteiger partial charge in [0.05, 0.1) is 25.9 Å². The highest BCUT2D eigenvalue weighted by Gasteiger charge is 2.33.